The minimum Gasteiger partial charge on any atom is -0.434 e. The van der Waals surface area contributed by atoms with E-state index in [0.29, 0.717) is 24.5 Å². The topological polar surface area (TPSA) is 79.8 Å². The molecular weight excluding hydrogens is 340 g/mol. The van der Waals surface area contributed by atoms with E-state index in [2.05, 4.69) is 20.4 Å². The van der Waals surface area contributed by atoms with Crippen LogP contribution in [0.15, 0.2) is 23.2 Å². The molecule has 0 heterocycles. The van der Waals surface area contributed by atoms with Crippen LogP contribution in [0.25, 0.3) is 0 Å². The second-order valence-corrected chi connectivity index (χ2v) is 7.59. The zero-order valence-electron chi connectivity index (χ0n) is 14.0. The molecule has 9 heteroatoms. The lowest BCUT2D eigenvalue weighted by molar-refractivity contribution is -0.0504. The fourth-order valence-corrected chi connectivity index (χ4v) is 2.67. The van der Waals surface area contributed by atoms with Gasteiger partial charge in [0.15, 0.2) is 5.96 Å². The first-order valence-electron chi connectivity index (χ1n) is 7.38. The molecule has 1 aromatic carbocycles. The smallest absolute Gasteiger partial charge is 0.387 e. The third-order valence-corrected chi connectivity index (χ3v) is 4.12. The first-order chi connectivity index (χ1) is 11.2. The van der Waals surface area contributed by atoms with Crippen molar-refractivity contribution >= 4 is 15.8 Å². The largest absolute Gasteiger partial charge is 0.434 e. The Morgan fingerprint density at radius 1 is 1.33 bits per heavy atom. The summed E-state index contributed by atoms with van der Waals surface area (Å²) in [6.07, 6.45) is 1.63. The number of rotatable bonds is 8. The Kier molecular flexibility index (Phi) is 7.90. The first kappa shape index (κ1) is 20.1. The molecule has 0 unspecified atom stereocenters. The van der Waals surface area contributed by atoms with Crippen LogP contribution < -0.4 is 15.4 Å². The summed E-state index contributed by atoms with van der Waals surface area (Å²) >= 11 is 0. The molecule has 0 atom stereocenters. The summed E-state index contributed by atoms with van der Waals surface area (Å²) in [5.41, 5.74) is 1.50. The van der Waals surface area contributed by atoms with E-state index in [1.54, 1.807) is 19.2 Å². The van der Waals surface area contributed by atoms with Gasteiger partial charge in [0.2, 0.25) is 0 Å². The summed E-state index contributed by atoms with van der Waals surface area (Å²) in [4.78, 5) is 4.01. The summed E-state index contributed by atoms with van der Waals surface area (Å²) in [5.74, 6) is 0.643. The maximum Gasteiger partial charge on any atom is 0.387 e. The Hall–Kier alpha value is -1.90. The van der Waals surface area contributed by atoms with E-state index < -0.39 is 16.4 Å². The molecule has 0 fully saturated rings. The van der Waals surface area contributed by atoms with Gasteiger partial charge in [0.1, 0.15) is 15.6 Å². The predicted octanol–water partition coefficient (Wildman–Crippen LogP) is 1.70. The van der Waals surface area contributed by atoms with Crippen molar-refractivity contribution < 1.29 is 21.9 Å². The van der Waals surface area contributed by atoms with Crippen molar-refractivity contribution in [2.45, 2.75) is 26.5 Å². The zero-order chi connectivity index (χ0) is 18.2. The lowest BCUT2D eigenvalue weighted by Crippen LogP contribution is -2.37. The number of sulfone groups is 1. The van der Waals surface area contributed by atoms with E-state index in [4.69, 9.17) is 0 Å². The highest BCUT2D eigenvalue weighted by atomic mass is 32.2. The Morgan fingerprint density at radius 3 is 2.62 bits per heavy atom. The fraction of sp³-hybridized carbons (Fsp3) is 0.533. The molecule has 0 aliphatic carbocycles. The van der Waals surface area contributed by atoms with E-state index in [-0.39, 0.29) is 18.0 Å². The Morgan fingerprint density at radius 2 is 2.04 bits per heavy atom. The molecule has 136 valence electrons. The molecule has 1 aromatic rings. The summed E-state index contributed by atoms with van der Waals surface area (Å²) in [6, 6.07) is 4.95. The number of halogens is 2. The molecule has 1 rings (SSSR count). The van der Waals surface area contributed by atoms with Gasteiger partial charge in [0, 0.05) is 32.0 Å². The van der Waals surface area contributed by atoms with Crippen molar-refractivity contribution in [2.75, 3.05) is 25.6 Å². The van der Waals surface area contributed by atoms with Gasteiger partial charge >= 0.3 is 6.61 Å². The van der Waals surface area contributed by atoms with Crippen molar-refractivity contribution in [1.29, 1.82) is 0 Å². The van der Waals surface area contributed by atoms with E-state index in [0.717, 1.165) is 5.56 Å². The monoisotopic (exact) mass is 363 g/mol. The predicted molar refractivity (Wildman–Crippen MR) is 90.3 cm³/mol. The summed E-state index contributed by atoms with van der Waals surface area (Å²) < 4.78 is 51.5. The molecule has 0 aromatic heterocycles. The molecule has 0 aliphatic rings. The average molecular weight is 363 g/mol. The molecule has 0 bridgehead atoms. The quantitative estimate of drug-likeness (QED) is 0.417. The first-order valence-corrected chi connectivity index (χ1v) is 9.44. The van der Waals surface area contributed by atoms with Gasteiger partial charge in [-0.1, -0.05) is 17.7 Å². The highest BCUT2D eigenvalue weighted by Gasteiger charge is 2.10. The minimum absolute atomic E-state index is 0.0846. The molecular formula is C15H23F2N3O3S. The third kappa shape index (κ3) is 8.09. The number of hydrogen-bond donors (Lipinski definition) is 2. The van der Waals surface area contributed by atoms with Crippen LogP contribution in [0.4, 0.5) is 8.78 Å². The van der Waals surface area contributed by atoms with Gasteiger partial charge in [-0.25, -0.2) is 8.42 Å². The van der Waals surface area contributed by atoms with Crippen LogP contribution in [0, 0.1) is 6.92 Å². The number of aryl methyl sites for hydroxylation is 1. The summed E-state index contributed by atoms with van der Waals surface area (Å²) in [5, 5.41) is 5.96. The Balaban J connectivity index is 2.58. The van der Waals surface area contributed by atoms with Gasteiger partial charge in [-0.2, -0.15) is 8.78 Å². The van der Waals surface area contributed by atoms with Gasteiger partial charge in [-0.15, -0.1) is 0 Å². The number of ether oxygens (including phenoxy) is 1. The van der Waals surface area contributed by atoms with Crippen LogP contribution in [0.1, 0.15) is 17.5 Å². The average Bonchev–Trinajstić information content (AvgIpc) is 2.47. The summed E-state index contributed by atoms with van der Waals surface area (Å²) in [6.45, 7) is -0.357. The van der Waals surface area contributed by atoms with Gasteiger partial charge in [0.25, 0.3) is 0 Å². The highest BCUT2D eigenvalue weighted by molar-refractivity contribution is 7.90. The van der Waals surface area contributed by atoms with E-state index >= 15 is 0 Å². The van der Waals surface area contributed by atoms with Crippen LogP contribution >= 0.6 is 0 Å². The third-order valence-electron chi connectivity index (χ3n) is 3.09. The van der Waals surface area contributed by atoms with Gasteiger partial charge in [-0.3, -0.25) is 4.99 Å². The SMILES string of the molecule is CN=C(NCCCS(C)(=O)=O)NCc1cc(C)ccc1OC(F)F. The number of hydrogen-bond acceptors (Lipinski definition) is 4. The van der Waals surface area contributed by atoms with Crippen LogP contribution in [-0.4, -0.2) is 46.6 Å². The molecule has 2 N–H and O–H groups in total. The van der Waals surface area contributed by atoms with Crippen molar-refractivity contribution in [3.05, 3.63) is 29.3 Å². The molecule has 6 nitrogen and oxygen atoms in total. The number of aliphatic imine (C=N–C) groups is 1. The number of nitrogens with zero attached hydrogens (tertiary/aromatic N) is 1. The molecule has 0 amide bonds. The van der Waals surface area contributed by atoms with Crippen LogP contribution in [0.5, 0.6) is 5.75 Å². The molecule has 0 radical (unpaired) electrons. The molecule has 0 spiro atoms. The minimum atomic E-state index is -2.99. The van der Waals surface area contributed by atoms with Crippen molar-refractivity contribution in [3.8, 4) is 5.75 Å². The standard InChI is InChI=1S/C15H23F2N3O3S/c1-11-5-6-13(23-14(16)17)12(9-11)10-20-15(18-2)19-7-4-8-24(3,21)22/h5-6,9,14H,4,7-8,10H2,1-3H3,(H2,18,19,20). The fourth-order valence-electron chi connectivity index (χ4n) is 2.00. The summed E-state index contributed by atoms with van der Waals surface area (Å²) in [7, 11) is -1.43. The van der Waals surface area contributed by atoms with Crippen LogP contribution in [-0.2, 0) is 16.4 Å². The number of nitrogens with one attached hydrogen (secondary N) is 2. The number of alkyl halides is 2. The second-order valence-electron chi connectivity index (χ2n) is 5.33. The van der Waals surface area contributed by atoms with Crippen LogP contribution in [0.3, 0.4) is 0 Å². The molecule has 0 saturated carbocycles. The number of benzene rings is 1. The Labute approximate surface area is 141 Å². The lowest BCUT2D eigenvalue weighted by atomic mass is 10.1. The van der Waals surface area contributed by atoms with Crippen molar-refractivity contribution in [1.82, 2.24) is 10.6 Å². The lowest BCUT2D eigenvalue weighted by Gasteiger charge is -2.15. The second kappa shape index (κ2) is 9.41. The maximum atomic E-state index is 12.4. The zero-order valence-corrected chi connectivity index (χ0v) is 14.8. The van der Waals surface area contributed by atoms with Crippen LogP contribution in [0.2, 0.25) is 0 Å². The Bertz CT molecular complexity index is 664. The van der Waals surface area contributed by atoms with E-state index in [1.165, 1.54) is 12.3 Å². The maximum absolute atomic E-state index is 12.4. The van der Waals surface area contributed by atoms with E-state index in [1.807, 2.05) is 6.92 Å². The van der Waals surface area contributed by atoms with Crippen molar-refractivity contribution in [3.63, 3.8) is 0 Å². The van der Waals surface area contributed by atoms with Gasteiger partial charge < -0.3 is 15.4 Å². The molecule has 24 heavy (non-hydrogen) atoms. The number of guanidine groups is 1. The molecule has 0 saturated heterocycles. The van der Waals surface area contributed by atoms with Crippen molar-refractivity contribution in [2.24, 2.45) is 4.99 Å². The van der Waals surface area contributed by atoms with Gasteiger partial charge in [0.05, 0.1) is 5.75 Å². The normalized spacial score (nSPS) is 12.3. The van der Waals surface area contributed by atoms with E-state index in [9.17, 15) is 17.2 Å². The highest BCUT2D eigenvalue weighted by Crippen LogP contribution is 2.21. The molecule has 0 aliphatic heterocycles. The van der Waals surface area contributed by atoms with Gasteiger partial charge in [-0.05, 0) is 19.4 Å².